The lowest BCUT2D eigenvalue weighted by atomic mass is 10.0. The third-order valence-electron chi connectivity index (χ3n) is 3.94. The number of ether oxygens (including phenoxy) is 1. The molecule has 1 aromatic rings. The molecule has 0 aliphatic carbocycles. The number of benzene rings is 1. The lowest BCUT2D eigenvalue weighted by Gasteiger charge is -2.33. The summed E-state index contributed by atoms with van der Waals surface area (Å²) in [6, 6.07) is 6.54. The Labute approximate surface area is 123 Å². The van der Waals surface area contributed by atoms with Gasteiger partial charge in [-0.3, -0.25) is 19.8 Å². The molecule has 1 aliphatic heterocycles. The Hall–Kier alpha value is -1.95. The summed E-state index contributed by atoms with van der Waals surface area (Å²) in [6.45, 7) is 1.46. The lowest BCUT2D eigenvalue weighted by Crippen LogP contribution is -2.46. The van der Waals surface area contributed by atoms with Gasteiger partial charge in [-0.1, -0.05) is 24.6 Å². The standard InChI is InChI=1S/C15H20N2O4/c1-21-15(18)14-8-4-5-10-16(14)11-9-12-6-2-3-7-13(12)17(19)20/h2-3,6-7,14H,4-5,8-11H2,1H3. The number of para-hydroxylation sites is 1. The maximum atomic E-state index is 11.8. The van der Waals surface area contributed by atoms with E-state index in [0.717, 1.165) is 25.8 Å². The SMILES string of the molecule is COC(=O)C1CCCCN1CCc1ccccc1[N+](=O)[O-]. The maximum absolute atomic E-state index is 11.8. The van der Waals surface area contributed by atoms with Crippen molar-refractivity contribution in [2.75, 3.05) is 20.2 Å². The van der Waals surface area contributed by atoms with Crippen molar-refractivity contribution in [3.8, 4) is 0 Å². The molecule has 1 saturated heterocycles. The van der Waals surface area contributed by atoms with E-state index in [4.69, 9.17) is 4.74 Å². The molecule has 1 heterocycles. The zero-order chi connectivity index (χ0) is 15.2. The molecule has 6 nitrogen and oxygen atoms in total. The molecule has 114 valence electrons. The van der Waals surface area contributed by atoms with E-state index in [9.17, 15) is 14.9 Å². The van der Waals surface area contributed by atoms with Gasteiger partial charge in [-0.25, -0.2) is 0 Å². The third-order valence-corrected chi connectivity index (χ3v) is 3.94. The first-order valence-electron chi connectivity index (χ1n) is 7.17. The Bertz CT molecular complexity index is 518. The number of nitro groups is 1. The van der Waals surface area contributed by atoms with Crippen molar-refractivity contribution in [1.29, 1.82) is 0 Å². The van der Waals surface area contributed by atoms with Crippen molar-refractivity contribution in [3.63, 3.8) is 0 Å². The predicted octanol–water partition coefficient (Wildman–Crippen LogP) is 2.16. The summed E-state index contributed by atoms with van der Waals surface area (Å²) in [5, 5.41) is 11.0. The Kier molecular flexibility index (Phi) is 5.27. The molecule has 6 heteroatoms. The van der Waals surface area contributed by atoms with Crippen LogP contribution in [0, 0.1) is 10.1 Å². The Morgan fingerprint density at radius 2 is 2.19 bits per heavy atom. The molecule has 1 unspecified atom stereocenters. The van der Waals surface area contributed by atoms with E-state index in [1.165, 1.54) is 13.2 Å². The average Bonchev–Trinajstić information content (AvgIpc) is 2.52. The van der Waals surface area contributed by atoms with E-state index in [2.05, 4.69) is 4.90 Å². The lowest BCUT2D eigenvalue weighted by molar-refractivity contribution is -0.385. The second-order valence-electron chi connectivity index (χ2n) is 5.21. The van der Waals surface area contributed by atoms with Gasteiger partial charge >= 0.3 is 5.97 Å². The van der Waals surface area contributed by atoms with E-state index in [-0.39, 0.29) is 22.6 Å². The Morgan fingerprint density at radius 3 is 2.90 bits per heavy atom. The van der Waals surface area contributed by atoms with Gasteiger partial charge in [0.05, 0.1) is 12.0 Å². The maximum Gasteiger partial charge on any atom is 0.323 e. The number of carbonyl (C=O) groups excluding carboxylic acids is 1. The Morgan fingerprint density at radius 1 is 1.43 bits per heavy atom. The van der Waals surface area contributed by atoms with Crippen LogP contribution in [-0.2, 0) is 16.0 Å². The Balaban J connectivity index is 2.04. The van der Waals surface area contributed by atoms with Crippen LogP contribution in [-0.4, -0.2) is 42.0 Å². The number of rotatable bonds is 5. The summed E-state index contributed by atoms with van der Waals surface area (Å²) < 4.78 is 4.85. The van der Waals surface area contributed by atoms with Crippen LogP contribution in [0.4, 0.5) is 5.69 Å². The number of hydrogen-bond donors (Lipinski definition) is 0. The molecule has 21 heavy (non-hydrogen) atoms. The number of carbonyl (C=O) groups is 1. The second kappa shape index (κ2) is 7.17. The van der Waals surface area contributed by atoms with Gasteiger partial charge in [-0.15, -0.1) is 0 Å². The fourth-order valence-corrected chi connectivity index (χ4v) is 2.83. The summed E-state index contributed by atoms with van der Waals surface area (Å²) in [5.74, 6) is -0.211. The molecule has 0 aromatic heterocycles. The number of hydrogen-bond acceptors (Lipinski definition) is 5. The van der Waals surface area contributed by atoms with Crippen molar-refractivity contribution in [2.45, 2.75) is 31.7 Å². The molecule has 1 aliphatic rings. The fourth-order valence-electron chi connectivity index (χ4n) is 2.83. The van der Waals surface area contributed by atoms with Gasteiger partial charge < -0.3 is 4.74 Å². The van der Waals surface area contributed by atoms with Crippen LogP contribution in [0.1, 0.15) is 24.8 Å². The van der Waals surface area contributed by atoms with Crippen LogP contribution in [0.5, 0.6) is 0 Å². The minimum Gasteiger partial charge on any atom is -0.468 e. The average molecular weight is 292 g/mol. The quantitative estimate of drug-likeness (QED) is 0.472. The van der Waals surface area contributed by atoms with Crippen molar-refractivity contribution >= 4 is 11.7 Å². The second-order valence-corrected chi connectivity index (χ2v) is 5.21. The van der Waals surface area contributed by atoms with Gasteiger partial charge in [0, 0.05) is 18.2 Å². The molecule has 2 rings (SSSR count). The molecule has 1 aromatic carbocycles. The molecule has 1 atom stereocenters. The van der Waals surface area contributed by atoms with Crippen LogP contribution in [0.2, 0.25) is 0 Å². The molecule has 0 saturated carbocycles. The van der Waals surface area contributed by atoms with E-state index >= 15 is 0 Å². The van der Waals surface area contributed by atoms with Crippen LogP contribution in [0.25, 0.3) is 0 Å². The number of likely N-dealkylation sites (tertiary alicyclic amines) is 1. The molecular formula is C15H20N2O4. The highest BCUT2D eigenvalue weighted by Crippen LogP contribution is 2.22. The molecule has 0 bridgehead atoms. The van der Waals surface area contributed by atoms with E-state index < -0.39 is 0 Å². The number of piperidine rings is 1. The largest absolute Gasteiger partial charge is 0.468 e. The van der Waals surface area contributed by atoms with Crippen molar-refractivity contribution in [3.05, 3.63) is 39.9 Å². The van der Waals surface area contributed by atoms with Crippen LogP contribution in [0.3, 0.4) is 0 Å². The fraction of sp³-hybridized carbons (Fsp3) is 0.533. The van der Waals surface area contributed by atoms with E-state index in [0.29, 0.717) is 18.5 Å². The molecule has 1 fully saturated rings. The molecule has 0 spiro atoms. The summed E-state index contributed by atoms with van der Waals surface area (Å²) in [7, 11) is 1.40. The molecule has 0 N–H and O–H groups in total. The number of nitrogens with zero attached hydrogens (tertiary/aromatic N) is 2. The number of methoxy groups -OCH3 is 1. The molecule has 0 radical (unpaired) electrons. The smallest absolute Gasteiger partial charge is 0.323 e. The van der Waals surface area contributed by atoms with E-state index in [1.54, 1.807) is 18.2 Å². The minimum atomic E-state index is -0.358. The first-order valence-corrected chi connectivity index (χ1v) is 7.17. The zero-order valence-corrected chi connectivity index (χ0v) is 12.2. The van der Waals surface area contributed by atoms with Gasteiger partial charge in [0.25, 0.3) is 5.69 Å². The van der Waals surface area contributed by atoms with Gasteiger partial charge in [-0.05, 0) is 25.8 Å². The van der Waals surface area contributed by atoms with Gasteiger partial charge in [0.1, 0.15) is 6.04 Å². The van der Waals surface area contributed by atoms with Gasteiger partial charge in [0.15, 0.2) is 0 Å². The van der Waals surface area contributed by atoms with Crippen molar-refractivity contribution in [2.24, 2.45) is 0 Å². The van der Waals surface area contributed by atoms with Crippen molar-refractivity contribution in [1.82, 2.24) is 4.90 Å². The van der Waals surface area contributed by atoms with Gasteiger partial charge in [0.2, 0.25) is 0 Å². The van der Waals surface area contributed by atoms with Crippen molar-refractivity contribution < 1.29 is 14.5 Å². The number of nitro benzene ring substituents is 1. The first kappa shape index (κ1) is 15.4. The summed E-state index contributed by atoms with van der Waals surface area (Å²) in [6.07, 6.45) is 3.42. The highest BCUT2D eigenvalue weighted by Gasteiger charge is 2.29. The normalized spacial score (nSPS) is 19.2. The van der Waals surface area contributed by atoms with Crippen LogP contribution < -0.4 is 0 Å². The monoisotopic (exact) mass is 292 g/mol. The molecule has 0 amide bonds. The summed E-state index contributed by atoms with van der Waals surface area (Å²) in [4.78, 5) is 24.5. The highest BCUT2D eigenvalue weighted by molar-refractivity contribution is 5.75. The van der Waals surface area contributed by atoms with Crippen LogP contribution in [0.15, 0.2) is 24.3 Å². The summed E-state index contributed by atoms with van der Waals surface area (Å²) in [5.41, 5.74) is 0.848. The predicted molar refractivity (Wildman–Crippen MR) is 78.0 cm³/mol. The zero-order valence-electron chi connectivity index (χ0n) is 12.2. The number of esters is 1. The topological polar surface area (TPSA) is 72.7 Å². The first-order chi connectivity index (χ1) is 10.1. The molecular weight excluding hydrogens is 272 g/mol. The third kappa shape index (κ3) is 3.78. The highest BCUT2D eigenvalue weighted by atomic mass is 16.6. The summed E-state index contributed by atoms with van der Waals surface area (Å²) >= 11 is 0. The van der Waals surface area contributed by atoms with Crippen LogP contribution >= 0.6 is 0 Å². The van der Waals surface area contributed by atoms with Gasteiger partial charge in [-0.2, -0.15) is 0 Å². The minimum absolute atomic E-state index is 0.143. The van der Waals surface area contributed by atoms with E-state index in [1.807, 2.05) is 0 Å².